The minimum atomic E-state index is 0.109. The van der Waals surface area contributed by atoms with E-state index < -0.39 is 0 Å². The third-order valence-electron chi connectivity index (χ3n) is 8.72. The maximum atomic E-state index is 8.70. The zero-order valence-electron chi connectivity index (χ0n) is 24.0. The molecule has 3 N–H and O–H groups in total. The smallest absolute Gasteiger partial charge is 0.154 e. The van der Waals surface area contributed by atoms with Gasteiger partial charge in [0, 0.05) is 32.7 Å². The SMILES string of the molecule is N=C(N=C(N)c1cccc2oc3cc(-c4cc5oc6ccccc6c5c5ccccc45)ccc3c12)c1ccc2ccccc2c1. The lowest BCUT2D eigenvalue weighted by molar-refractivity contribution is 0.668. The summed E-state index contributed by atoms with van der Waals surface area (Å²) in [5.74, 6) is 0.380. The second kappa shape index (κ2) is 9.66. The van der Waals surface area contributed by atoms with Crippen LogP contribution in [0.4, 0.5) is 0 Å². The van der Waals surface area contributed by atoms with Crippen LogP contribution in [-0.4, -0.2) is 11.7 Å². The fraction of sp³-hybridized carbons (Fsp3) is 0. The molecule has 5 heteroatoms. The van der Waals surface area contributed by atoms with Gasteiger partial charge in [-0.15, -0.1) is 0 Å². The Labute approximate surface area is 257 Å². The van der Waals surface area contributed by atoms with Crippen molar-refractivity contribution in [2.75, 3.05) is 0 Å². The zero-order valence-corrected chi connectivity index (χ0v) is 24.0. The summed E-state index contributed by atoms with van der Waals surface area (Å²) in [6.45, 7) is 0. The summed E-state index contributed by atoms with van der Waals surface area (Å²) >= 11 is 0. The Morgan fingerprint density at radius 3 is 2.13 bits per heavy atom. The lowest BCUT2D eigenvalue weighted by atomic mass is 9.94. The summed E-state index contributed by atoms with van der Waals surface area (Å²) in [6, 6.07) is 44.8. The number of nitrogens with two attached hydrogens (primary N) is 1. The molecule has 0 aliphatic carbocycles. The molecule has 0 saturated carbocycles. The first-order valence-corrected chi connectivity index (χ1v) is 14.8. The summed E-state index contributed by atoms with van der Waals surface area (Å²) in [7, 11) is 0. The van der Waals surface area contributed by atoms with Crippen molar-refractivity contribution < 1.29 is 8.83 Å². The van der Waals surface area contributed by atoms with Crippen molar-refractivity contribution in [1.82, 2.24) is 0 Å². The molecule has 7 aromatic carbocycles. The Bertz CT molecular complexity index is 2690. The summed E-state index contributed by atoms with van der Waals surface area (Å²) in [5, 5.41) is 17.2. The molecule has 9 rings (SSSR count). The first-order chi connectivity index (χ1) is 22.1. The monoisotopic (exact) mass is 579 g/mol. The number of nitrogens with one attached hydrogen (secondary N) is 1. The fourth-order valence-electron chi connectivity index (χ4n) is 6.62. The van der Waals surface area contributed by atoms with E-state index in [-0.39, 0.29) is 11.7 Å². The predicted molar refractivity (Wildman–Crippen MR) is 185 cm³/mol. The van der Waals surface area contributed by atoms with Gasteiger partial charge in [0.1, 0.15) is 28.2 Å². The van der Waals surface area contributed by atoms with Gasteiger partial charge < -0.3 is 14.6 Å². The fourth-order valence-corrected chi connectivity index (χ4v) is 6.62. The summed E-state index contributed by atoms with van der Waals surface area (Å²) in [6.07, 6.45) is 0. The second-order valence-electron chi connectivity index (χ2n) is 11.3. The molecule has 9 aromatic rings. The molecule has 212 valence electrons. The van der Waals surface area contributed by atoms with E-state index >= 15 is 0 Å². The average molecular weight is 580 g/mol. The Hall–Kier alpha value is -6.20. The second-order valence-corrected chi connectivity index (χ2v) is 11.3. The topological polar surface area (TPSA) is 88.5 Å². The molecule has 2 aromatic heterocycles. The standard InChI is InChI=1S/C40H25N3O2/c41-39(26-17-16-23-8-1-2-9-24(23)20-26)43-40(42)31-13-7-15-34-38(31)30-19-18-25(21-35(30)45-34)32-22-36-37(28-11-4-3-10-27(28)32)29-12-5-6-14-33(29)44-36/h1-22H,(H3,41,42,43). The van der Waals surface area contributed by atoms with Crippen LogP contribution in [0.5, 0.6) is 0 Å². The minimum absolute atomic E-state index is 0.109. The normalized spacial score (nSPS) is 12.3. The molecule has 2 heterocycles. The van der Waals surface area contributed by atoms with Crippen molar-refractivity contribution in [3.05, 3.63) is 145 Å². The lowest BCUT2D eigenvalue weighted by Crippen LogP contribution is -2.16. The van der Waals surface area contributed by atoms with Crippen molar-refractivity contribution >= 4 is 77.1 Å². The highest BCUT2D eigenvalue weighted by molar-refractivity contribution is 6.23. The number of amidine groups is 2. The molecule has 0 radical (unpaired) electrons. The molecule has 0 fully saturated rings. The van der Waals surface area contributed by atoms with Crippen molar-refractivity contribution in [1.29, 1.82) is 5.41 Å². The highest BCUT2D eigenvalue weighted by atomic mass is 16.3. The van der Waals surface area contributed by atoms with Crippen molar-refractivity contribution in [3.63, 3.8) is 0 Å². The molecule has 0 atom stereocenters. The van der Waals surface area contributed by atoms with Crippen LogP contribution in [0.2, 0.25) is 0 Å². The summed E-state index contributed by atoms with van der Waals surface area (Å²) in [4.78, 5) is 4.53. The number of hydrogen-bond acceptors (Lipinski definition) is 3. The molecular formula is C40H25N3O2. The average Bonchev–Trinajstić information content (AvgIpc) is 3.65. The van der Waals surface area contributed by atoms with Gasteiger partial charge >= 0.3 is 0 Å². The Morgan fingerprint density at radius 2 is 1.24 bits per heavy atom. The van der Waals surface area contributed by atoms with Crippen molar-refractivity contribution in [3.8, 4) is 11.1 Å². The van der Waals surface area contributed by atoms with Crippen LogP contribution in [0.25, 0.3) is 76.5 Å². The van der Waals surface area contributed by atoms with Crippen LogP contribution >= 0.6 is 0 Å². The van der Waals surface area contributed by atoms with Gasteiger partial charge in [0.25, 0.3) is 0 Å². The molecule has 0 bridgehead atoms. The van der Waals surface area contributed by atoms with E-state index in [0.717, 1.165) is 76.5 Å². The van der Waals surface area contributed by atoms with Crippen molar-refractivity contribution in [2.24, 2.45) is 10.7 Å². The molecular weight excluding hydrogens is 554 g/mol. The van der Waals surface area contributed by atoms with Crippen LogP contribution in [0.15, 0.2) is 147 Å². The molecule has 0 saturated heterocycles. The number of hydrogen-bond donors (Lipinski definition) is 2. The quantitative estimate of drug-likeness (QED) is 0.161. The minimum Gasteiger partial charge on any atom is -0.456 e. The molecule has 0 amide bonds. The number of nitrogens with zero attached hydrogens (tertiary/aromatic N) is 1. The Morgan fingerprint density at radius 1 is 0.533 bits per heavy atom. The van der Waals surface area contributed by atoms with E-state index in [1.165, 1.54) is 0 Å². The summed E-state index contributed by atoms with van der Waals surface area (Å²) < 4.78 is 12.7. The van der Waals surface area contributed by atoms with E-state index in [2.05, 4.69) is 65.7 Å². The number of furan rings is 2. The van der Waals surface area contributed by atoms with E-state index in [4.69, 9.17) is 20.0 Å². The number of fused-ring (bicyclic) bond motifs is 9. The van der Waals surface area contributed by atoms with Gasteiger partial charge in [0.05, 0.1) is 0 Å². The molecule has 0 aliphatic rings. The first-order valence-electron chi connectivity index (χ1n) is 14.8. The van der Waals surface area contributed by atoms with Gasteiger partial charge in [-0.3, -0.25) is 5.41 Å². The third-order valence-corrected chi connectivity index (χ3v) is 8.72. The third kappa shape index (κ3) is 3.95. The predicted octanol–water partition coefficient (Wildman–Crippen LogP) is 10.2. The van der Waals surface area contributed by atoms with E-state index in [1.54, 1.807) is 0 Å². The van der Waals surface area contributed by atoms with Crippen LogP contribution in [0, 0.1) is 5.41 Å². The Balaban J connectivity index is 1.17. The number of aliphatic imine (C=N–C) groups is 1. The largest absolute Gasteiger partial charge is 0.456 e. The highest BCUT2D eigenvalue weighted by Crippen LogP contribution is 2.41. The van der Waals surface area contributed by atoms with E-state index in [1.807, 2.05) is 72.8 Å². The van der Waals surface area contributed by atoms with E-state index in [9.17, 15) is 0 Å². The van der Waals surface area contributed by atoms with Gasteiger partial charge in [-0.2, -0.15) is 0 Å². The van der Waals surface area contributed by atoms with Gasteiger partial charge in [-0.05, 0) is 69.1 Å². The maximum absolute atomic E-state index is 8.70. The van der Waals surface area contributed by atoms with Gasteiger partial charge in [-0.25, -0.2) is 4.99 Å². The van der Waals surface area contributed by atoms with Crippen LogP contribution < -0.4 is 5.73 Å². The summed E-state index contributed by atoms with van der Waals surface area (Å²) in [5.41, 5.74) is 13.3. The molecule has 0 unspecified atom stereocenters. The molecule has 0 aliphatic heterocycles. The highest BCUT2D eigenvalue weighted by Gasteiger charge is 2.18. The lowest BCUT2D eigenvalue weighted by Gasteiger charge is -2.09. The zero-order chi connectivity index (χ0) is 30.1. The van der Waals surface area contributed by atoms with Crippen LogP contribution in [0.1, 0.15) is 11.1 Å². The molecule has 0 spiro atoms. The Kier molecular flexibility index (Phi) is 5.43. The first kappa shape index (κ1) is 25.3. The van der Waals surface area contributed by atoms with Crippen LogP contribution in [0.3, 0.4) is 0 Å². The molecule has 5 nitrogen and oxygen atoms in total. The van der Waals surface area contributed by atoms with Crippen molar-refractivity contribution in [2.45, 2.75) is 0 Å². The number of benzene rings is 7. The molecule has 45 heavy (non-hydrogen) atoms. The van der Waals surface area contributed by atoms with Gasteiger partial charge in [0.15, 0.2) is 5.84 Å². The maximum Gasteiger partial charge on any atom is 0.154 e. The number of rotatable bonds is 3. The number of para-hydroxylation sites is 1. The van der Waals surface area contributed by atoms with Gasteiger partial charge in [-0.1, -0.05) is 97.1 Å². The van der Waals surface area contributed by atoms with Gasteiger partial charge in [0.2, 0.25) is 0 Å². The van der Waals surface area contributed by atoms with E-state index in [0.29, 0.717) is 11.1 Å². The van der Waals surface area contributed by atoms with Crippen LogP contribution in [-0.2, 0) is 0 Å².